The van der Waals surface area contributed by atoms with Crippen molar-refractivity contribution in [1.82, 2.24) is 10.6 Å². The van der Waals surface area contributed by atoms with E-state index < -0.39 is 35.2 Å². The van der Waals surface area contributed by atoms with Crippen LogP contribution in [0.5, 0.6) is 0 Å². The number of carbonyl (C=O) groups excluding carboxylic acids is 2. The van der Waals surface area contributed by atoms with E-state index in [2.05, 4.69) is 16.7 Å². The summed E-state index contributed by atoms with van der Waals surface area (Å²) in [4.78, 5) is 23.6. The molecule has 2 amide bonds. The number of carbonyl (C=O) groups is 2. The maximum atomic E-state index is 13.6. The molecule has 3 N–H and O–H groups in total. The summed E-state index contributed by atoms with van der Waals surface area (Å²) in [6.45, 7) is 0. The summed E-state index contributed by atoms with van der Waals surface area (Å²) < 4.78 is 65.9. The lowest BCUT2D eigenvalue weighted by atomic mass is 9.75. The molecular weight excluding hydrogens is 579 g/mol. The molecule has 2 aliphatic heterocycles. The zero-order chi connectivity index (χ0) is 30.3. The van der Waals surface area contributed by atoms with Gasteiger partial charge in [0.05, 0.1) is 22.6 Å². The van der Waals surface area contributed by atoms with Crippen LogP contribution in [-0.4, -0.2) is 34.2 Å². The first-order valence-electron chi connectivity index (χ1n) is 13.9. The predicted octanol–water partition coefficient (Wildman–Crippen LogP) is 7.55. The van der Waals surface area contributed by atoms with E-state index in [0.717, 1.165) is 25.0 Å². The molecule has 224 valence electrons. The first-order chi connectivity index (χ1) is 19.8. The summed E-state index contributed by atoms with van der Waals surface area (Å²) in [6, 6.07) is 7.77. The molecule has 2 saturated carbocycles. The van der Waals surface area contributed by atoms with Gasteiger partial charge in [-0.15, -0.1) is 0 Å². The standard InChI is InChI=1S/C22H17ClF5NO2.C9H13NO/c23-15-3-1-11(12-2-4-16(24)17(25)10-12)9-14(15)18-19(30)21(29-20(18)31)7-5-13(6-8-21)22(26,27)28;11-8-4-7-9(10-8)5-2-1-3-6-9/h1-4,9-10,13,30H,5-8H2,(H,29,31);4,7H,1-3,5-6H2,(H,10,11). The second-order valence-electron chi connectivity index (χ2n) is 11.4. The summed E-state index contributed by atoms with van der Waals surface area (Å²) in [5, 5.41) is 16.7. The molecule has 11 heteroatoms. The van der Waals surface area contributed by atoms with Crippen LogP contribution in [0.15, 0.2) is 54.3 Å². The molecule has 0 bridgehead atoms. The van der Waals surface area contributed by atoms with E-state index >= 15 is 0 Å². The van der Waals surface area contributed by atoms with Crippen molar-refractivity contribution in [3.05, 3.63) is 76.5 Å². The van der Waals surface area contributed by atoms with Crippen molar-refractivity contribution in [3.63, 3.8) is 0 Å². The van der Waals surface area contributed by atoms with E-state index in [1.807, 2.05) is 0 Å². The van der Waals surface area contributed by atoms with Crippen LogP contribution < -0.4 is 10.6 Å². The van der Waals surface area contributed by atoms with Crippen molar-refractivity contribution in [1.29, 1.82) is 0 Å². The second kappa shape index (κ2) is 11.4. The van der Waals surface area contributed by atoms with E-state index in [-0.39, 0.29) is 59.0 Å². The van der Waals surface area contributed by atoms with Gasteiger partial charge in [-0.1, -0.05) is 49.1 Å². The van der Waals surface area contributed by atoms with Gasteiger partial charge in [-0.3, -0.25) is 9.59 Å². The number of benzene rings is 2. The molecule has 6 rings (SSSR count). The predicted molar refractivity (Wildman–Crippen MR) is 148 cm³/mol. The van der Waals surface area contributed by atoms with Crippen LogP contribution >= 0.6 is 11.6 Å². The van der Waals surface area contributed by atoms with Gasteiger partial charge in [0.1, 0.15) is 5.76 Å². The first kappa shape index (κ1) is 30.1. The van der Waals surface area contributed by atoms with Crippen LogP contribution in [0.4, 0.5) is 22.0 Å². The van der Waals surface area contributed by atoms with Gasteiger partial charge in [-0.2, -0.15) is 13.2 Å². The Labute approximate surface area is 244 Å². The lowest BCUT2D eigenvalue weighted by Crippen LogP contribution is -2.48. The summed E-state index contributed by atoms with van der Waals surface area (Å²) in [6.07, 6.45) is 4.95. The van der Waals surface area contributed by atoms with Crippen LogP contribution in [-0.2, 0) is 9.59 Å². The van der Waals surface area contributed by atoms with Gasteiger partial charge < -0.3 is 15.7 Å². The molecule has 0 atom stereocenters. The second-order valence-corrected chi connectivity index (χ2v) is 11.8. The van der Waals surface area contributed by atoms with E-state index in [1.165, 1.54) is 37.5 Å². The Hall–Kier alpha value is -3.40. The molecule has 0 aromatic heterocycles. The molecule has 2 fully saturated rings. The molecule has 42 heavy (non-hydrogen) atoms. The highest BCUT2D eigenvalue weighted by Gasteiger charge is 2.52. The van der Waals surface area contributed by atoms with E-state index in [1.54, 1.807) is 12.1 Å². The summed E-state index contributed by atoms with van der Waals surface area (Å²) in [7, 11) is 0. The molecule has 4 aliphatic rings. The summed E-state index contributed by atoms with van der Waals surface area (Å²) >= 11 is 6.25. The van der Waals surface area contributed by atoms with Crippen molar-refractivity contribution in [2.45, 2.75) is 75.0 Å². The van der Waals surface area contributed by atoms with Gasteiger partial charge >= 0.3 is 6.18 Å². The topological polar surface area (TPSA) is 78.4 Å². The molecular formula is C31H30ClF5N2O3. The largest absolute Gasteiger partial charge is 0.509 e. The van der Waals surface area contributed by atoms with Crippen LogP contribution in [0.25, 0.3) is 16.7 Å². The average Bonchev–Trinajstić information content (AvgIpc) is 3.41. The van der Waals surface area contributed by atoms with Crippen LogP contribution in [0, 0.1) is 17.6 Å². The highest BCUT2D eigenvalue weighted by Crippen LogP contribution is 2.47. The Morgan fingerprint density at radius 3 is 2.10 bits per heavy atom. The first-order valence-corrected chi connectivity index (χ1v) is 14.3. The Kier molecular flexibility index (Phi) is 8.13. The van der Waals surface area contributed by atoms with Gasteiger partial charge in [0.25, 0.3) is 5.91 Å². The van der Waals surface area contributed by atoms with Gasteiger partial charge in [-0.25, -0.2) is 8.78 Å². The zero-order valence-electron chi connectivity index (χ0n) is 22.6. The molecule has 0 saturated heterocycles. The Balaban J connectivity index is 0.000000267. The van der Waals surface area contributed by atoms with Crippen molar-refractivity contribution in [2.75, 3.05) is 0 Å². The quantitative estimate of drug-likeness (QED) is 0.308. The van der Waals surface area contributed by atoms with Crippen molar-refractivity contribution in [3.8, 4) is 11.1 Å². The number of halogens is 6. The SMILES string of the molecule is O=C1C=CC2(CCCCC2)N1.O=C1NC2(CCC(C(F)(F)F)CC2)C(O)=C1c1cc(-c2ccc(F)c(F)c2)ccc1Cl. The van der Waals surface area contributed by atoms with Crippen LogP contribution in [0.3, 0.4) is 0 Å². The van der Waals surface area contributed by atoms with Gasteiger partial charge in [0.2, 0.25) is 5.91 Å². The minimum absolute atomic E-state index is 0.0568. The number of rotatable bonds is 2. The fourth-order valence-corrected chi connectivity index (χ4v) is 6.56. The molecule has 0 unspecified atom stereocenters. The Morgan fingerprint density at radius 1 is 0.857 bits per heavy atom. The van der Waals surface area contributed by atoms with Crippen molar-refractivity contribution >= 4 is 29.0 Å². The normalized spacial score (nSPS) is 25.0. The number of aliphatic hydroxyl groups excluding tert-OH is 1. The fraction of sp³-hybridized carbons (Fsp3) is 0.419. The monoisotopic (exact) mass is 608 g/mol. The third-order valence-electron chi connectivity index (χ3n) is 8.73. The van der Waals surface area contributed by atoms with Crippen molar-refractivity contribution < 1.29 is 36.6 Å². The molecule has 2 aromatic carbocycles. The number of amides is 2. The number of hydrogen-bond donors (Lipinski definition) is 3. The molecule has 2 aromatic rings. The highest BCUT2D eigenvalue weighted by molar-refractivity contribution is 6.35. The van der Waals surface area contributed by atoms with E-state index in [9.17, 15) is 36.6 Å². The maximum absolute atomic E-state index is 13.6. The number of hydrogen-bond acceptors (Lipinski definition) is 3. The minimum Gasteiger partial charge on any atom is -0.509 e. The zero-order valence-corrected chi connectivity index (χ0v) is 23.3. The third kappa shape index (κ3) is 5.91. The smallest absolute Gasteiger partial charge is 0.391 e. The number of alkyl halides is 3. The van der Waals surface area contributed by atoms with Gasteiger partial charge in [-0.05, 0) is 73.9 Å². The Morgan fingerprint density at radius 2 is 1.50 bits per heavy atom. The molecule has 5 nitrogen and oxygen atoms in total. The molecule has 2 heterocycles. The maximum Gasteiger partial charge on any atom is 0.391 e. The van der Waals surface area contributed by atoms with Gasteiger partial charge in [0.15, 0.2) is 11.6 Å². The number of aliphatic hydroxyl groups is 1. The number of nitrogens with one attached hydrogen (secondary N) is 2. The molecule has 2 spiro atoms. The summed E-state index contributed by atoms with van der Waals surface area (Å²) in [5.41, 5.74) is -0.414. The van der Waals surface area contributed by atoms with Crippen LogP contribution in [0.1, 0.15) is 63.4 Å². The van der Waals surface area contributed by atoms with E-state index in [0.29, 0.717) is 11.1 Å². The summed E-state index contributed by atoms with van der Waals surface area (Å²) in [5.74, 6) is -4.44. The lowest BCUT2D eigenvalue weighted by molar-refractivity contribution is -0.184. The highest BCUT2D eigenvalue weighted by atomic mass is 35.5. The minimum atomic E-state index is -4.32. The Bertz CT molecular complexity index is 1450. The molecule has 2 aliphatic carbocycles. The van der Waals surface area contributed by atoms with E-state index in [4.69, 9.17) is 11.6 Å². The van der Waals surface area contributed by atoms with Crippen LogP contribution in [0.2, 0.25) is 5.02 Å². The van der Waals surface area contributed by atoms with Gasteiger partial charge in [0, 0.05) is 16.7 Å². The third-order valence-corrected chi connectivity index (χ3v) is 9.06. The lowest BCUT2D eigenvalue weighted by Gasteiger charge is -2.37. The van der Waals surface area contributed by atoms with Crippen molar-refractivity contribution in [2.24, 2.45) is 5.92 Å². The molecule has 0 radical (unpaired) electrons. The fourth-order valence-electron chi connectivity index (χ4n) is 6.35. The average molecular weight is 609 g/mol.